The van der Waals surface area contributed by atoms with Gasteiger partial charge in [0, 0.05) is 26.1 Å². The first kappa shape index (κ1) is 17.4. The molecule has 6 heteroatoms. The monoisotopic (exact) mass is 331 g/mol. The first-order valence-corrected chi connectivity index (χ1v) is 9.04. The summed E-state index contributed by atoms with van der Waals surface area (Å²) in [6, 6.07) is 10.5. The van der Waals surface area contributed by atoms with Crippen LogP contribution in [-0.4, -0.2) is 60.6 Å². The molecule has 0 spiro atoms. The molecular formula is C18H29N5O. The normalized spacial score (nSPS) is 25.6. The Balaban J connectivity index is 1.41. The summed E-state index contributed by atoms with van der Waals surface area (Å²) in [5.41, 5.74) is 13.1. The first-order chi connectivity index (χ1) is 11.7. The molecule has 2 saturated heterocycles. The average Bonchev–Trinajstić information content (AvgIpc) is 2.90. The molecule has 0 radical (unpaired) electrons. The minimum atomic E-state index is -0.176. The van der Waals surface area contributed by atoms with E-state index in [1.807, 2.05) is 4.90 Å². The van der Waals surface area contributed by atoms with Crippen LogP contribution in [0.1, 0.15) is 24.8 Å². The fourth-order valence-electron chi connectivity index (χ4n) is 3.53. The standard InChI is InChI=1S/C18H29N5O/c19-17-14-16(20-21-17)18(24)23-11-5-10-22(12-13-23)9-4-8-15-6-2-1-3-7-15/h1-3,6-7,16-17,20-21H,4-5,8-14,19H2. The second-order valence-corrected chi connectivity index (χ2v) is 6.79. The van der Waals surface area contributed by atoms with Crippen LogP contribution in [0.25, 0.3) is 0 Å². The number of nitrogens with zero attached hydrogens (tertiary/aromatic N) is 2. The molecule has 3 rings (SSSR count). The van der Waals surface area contributed by atoms with Gasteiger partial charge in [0.25, 0.3) is 0 Å². The van der Waals surface area contributed by atoms with Crippen molar-refractivity contribution < 1.29 is 4.79 Å². The van der Waals surface area contributed by atoms with Crippen LogP contribution >= 0.6 is 0 Å². The number of amides is 1. The molecule has 24 heavy (non-hydrogen) atoms. The molecule has 6 nitrogen and oxygen atoms in total. The highest BCUT2D eigenvalue weighted by Gasteiger charge is 2.31. The minimum Gasteiger partial charge on any atom is -0.340 e. The molecule has 1 aromatic rings. The van der Waals surface area contributed by atoms with Gasteiger partial charge in [-0.2, -0.15) is 0 Å². The van der Waals surface area contributed by atoms with E-state index in [1.165, 1.54) is 12.0 Å². The first-order valence-electron chi connectivity index (χ1n) is 9.04. The van der Waals surface area contributed by atoms with E-state index in [2.05, 4.69) is 46.1 Å². The molecule has 2 unspecified atom stereocenters. The Kier molecular flexibility index (Phi) is 6.20. The molecule has 2 aliphatic rings. The number of rotatable bonds is 5. The molecule has 2 fully saturated rings. The highest BCUT2D eigenvalue weighted by molar-refractivity contribution is 5.82. The van der Waals surface area contributed by atoms with Gasteiger partial charge in [0.05, 0.1) is 6.17 Å². The van der Waals surface area contributed by atoms with Gasteiger partial charge >= 0.3 is 0 Å². The number of carbonyl (C=O) groups is 1. The lowest BCUT2D eigenvalue weighted by Gasteiger charge is -2.24. The van der Waals surface area contributed by atoms with Crippen LogP contribution in [0.3, 0.4) is 0 Å². The fraction of sp³-hybridized carbons (Fsp3) is 0.611. The van der Waals surface area contributed by atoms with Crippen molar-refractivity contribution in [2.75, 3.05) is 32.7 Å². The summed E-state index contributed by atoms with van der Waals surface area (Å²) in [6.07, 6.45) is 3.87. The summed E-state index contributed by atoms with van der Waals surface area (Å²) in [7, 11) is 0. The van der Waals surface area contributed by atoms with E-state index >= 15 is 0 Å². The highest BCUT2D eigenvalue weighted by Crippen LogP contribution is 2.10. The molecule has 2 aliphatic heterocycles. The van der Waals surface area contributed by atoms with Crippen molar-refractivity contribution >= 4 is 5.91 Å². The van der Waals surface area contributed by atoms with Crippen LogP contribution in [0.4, 0.5) is 0 Å². The molecule has 132 valence electrons. The van der Waals surface area contributed by atoms with E-state index in [0.29, 0.717) is 6.42 Å². The number of carbonyl (C=O) groups excluding carboxylic acids is 1. The number of benzene rings is 1. The predicted molar refractivity (Wildman–Crippen MR) is 95.1 cm³/mol. The number of hydrogen-bond donors (Lipinski definition) is 3. The van der Waals surface area contributed by atoms with E-state index in [0.717, 1.165) is 45.6 Å². The Bertz CT molecular complexity index is 523. The lowest BCUT2D eigenvalue weighted by atomic mass is 10.1. The Morgan fingerprint density at radius 2 is 1.96 bits per heavy atom. The molecule has 1 amide bonds. The molecule has 0 aliphatic carbocycles. The van der Waals surface area contributed by atoms with Crippen molar-refractivity contribution in [3.63, 3.8) is 0 Å². The fourth-order valence-corrected chi connectivity index (χ4v) is 3.53. The van der Waals surface area contributed by atoms with Crippen LogP contribution in [0, 0.1) is 0 Å². The van der Waals surface area contributed by atoms with Crippen LogP contribution in [0.15, 0.2) is 30.3 Å². The summed E-state index contributed by atoms with van der Waals surface area (Å²) in [4.78, 5) is 17.0. The summed E-state index contributed by atoms with van der Waals surface area (Å²) in [6.45, 7) is 4.81. The molecule has 0 bridgehead atoms. The maximum atomic E-state index is 12.6. The summed E-state index contributed by atoms with van der Waals surface area (Å²) >= 11 is 0. The number of nitrogens with one attached hydrogen (secondary N) is 2. The smallest absolute Gasteiger partial charge is 0.241 e. The molecular weight excluding hydrogens is 302 g/mol. The van der Waals surface area contributed by atoms with Crippen molar-refractivity contribution in [2.45, 2.75) is 37.9 Å². The number of hydrogen-bond acceptors (Lipinski definition) is 5. The van der Waals surface area contributed by atoms with E-state index in [4.69, 9.17) is 5.73 Å². The molecule has 1 aromatic carbocycles. The third-order valence-corrected chi connectivity index (χ3v) is 4.91. The van der Waals surface area contributed by atoms with Crippen molar-refractivity contribution in [2.24, 2.45) is 5.73 Å². The summed E-state index contributed by atoms with van der Waals surface area (Å²) < 4.78 is 0. The SMILES string of the molecule is NC1CC(C(=O)N2CCCN(CCCc3ccccc3)CC2)NN1. The van der Waals surface area contributed by atoms with Crippen LogP contribution in [-0.2, 0) is 11.2 Å². The number of hydrazine groups is 1. The van der Waals surface area contributed by atoms with Gasteiger partial charge in [-0.05, 0) is 37.9 Å². The Morgan fingerprint density at radius 1 is 1.12 bits per heavy atom. The molecule has 0 saturated carbocycles. The van der Waals surface area contributed by atoms with Gasteiger partial charge in [0.2, 0.25) is 5.91 Å². The lowest BCUT2D eigenvalue weighted by molar-refractivity contribution is -0.133. The van der Waals surface area contributed by atoms with Crippen molar-refractivity contribution in [3.8, 4) is 0 Å². The molecule has 0 aromatic heterocycles. The van der Waals surface area contributed by atoms with Gasteiger partial charge in [-0.1, -0.05) is 30.3 Å². The van der Waals surface area contributed by atoms with E-state index in [9.17, 15) is 4.79 Å². The molecule has 2 heterocycles. The van der Waals surface area contributed by atoms with Crippen molar-refractivity contribution in [1.29, 1.82) is 0 Å². The Morgan fingerprint density at radius 3 is 2.71 bits per heavy atom. The summed E-state index contributed by atoms with van der Waals surface area (Å²) in [5.74, 6) is 0.182. The van der Waals surface area contributed by atoms with E-state index in [-0.39, 0.29) is 18.1 Å². The molecule has 4 N–H and O–H groups in total. The second-order valence-electron chi connectivity index (χ2n) is 6.79. The zero-order chi connectivity index (χ0) is 16.8. The van der Waals surface area contributed by atoms with Gasteiger partial charge in [-0.15, -0.1) is 0 Å². The Hall–Kier alpha value is -1.47. The number of nitrogens with two attached hydrogens (primary N) is 1. The second kappa shape index (κ2) is 8.58. The van der Waals surface area contributed by atoms with Crippen LogP contribution in [0.2, 0.25) is 0 Å². The largest absolute Gasteiger partial charge is 0.340 e. The minimum absolute atomic E-state index is 0.125. The quantitative estimate of drug-likeness (QED) is 0.724. The zero-order valence-corrected chi connectivity index (χ0v) is 14.3. The van der Waals surface area contributed by atoms with Gasteiger partial charge in [-0.3, -0.25) is 4.79 Å². The van der Waals surface area contributed by atoms with Gasteiger partial charge < -0.3 is 15.5 Å². The van der Waals surface area contributed by atoms with Crippen LogP contribution < -0.4 is 16.6 Å². The average molecular weight is 331 g/mol. The zero-order valence-electron chi connectivity index (χ0n) is 14.3. The van der Waals surface area contributed by atoms with E-state index < -0.39 is 0 Å². The summed E-state index contributed by atoms with van der Waals surface area (Å²) in [5, 5.41) is 0. The number of aryl methyl sites for hydroxylation is 1. The maximum absolute atomic E-state index is 12.6. The van der Waals surface area contributed by atoms with Crippen molar-refractivity contribution in [1.82, 2.24) is 20.7 Å². The van der Waals surface area contributed by atoms with E-state index in [1.54, 1.807) is 0 Å². The van der Waals surface area contributed by atoms with Gasteiger partial charge in [0.15, 0.2) is 0 Å². The van der Waals surface area contributed by atoms with Gasteiger partial charge in [-0.25, -0.2) is 10.9 Å². The topological polar surface area (TPSA) is 73.6 Å². The van der Waals surface area contributed by atoms with Gasteiger partial charge in [0.1, 0.15) is 6.04 Å². The Labute approximate surface area is 144 Å². The van der Waals surface area contributed by atoms with Crippen molar-refractivity contribution in [3.05, 3.63) is 35.9 Å². The third-order valence-electron chi connectivity index (χ3n) is 4.91. The molecule has 2 atom stereocenters. The predicted octanol–water partition coefficient (Wildman–Crippen LogP) is 0.305. The third kappa shape index (κ3) is 4.77. The lowest BCUT2D eigenvalue weighted by Crippen LogP contribution is -2.47. The maximum Gasteiger partial charge on any atom is 0.241 e. The van der Waals surface area contributed by atoms with Crippen LogP contribution in [0.5, 0.6) is 0 Å². The highest BCUT2D eigenvalue weighted by atomic mass is 16.2.